The minimum atomic E-state index is -0.784. The Balaban J connectivity index is 1.61. The van der Waals surface area contributed by atoms with Crippen LogP contribution in [0.3, 0.4) is 0 Å². The van der Waals surface area contributed by atoms with E-state index in [0.29, 0.717) is 18.1 Å². The summed E-state index contributed by atoms with van der Waals surface area (Å²) in [6.45, 7) is 3.39. The SMILES string of the molecule is CC1CC(C(=O)O)CN(CC(=O)Nc2nc3ccccc3s2)C1. The molecule has 122 valence electrons. The van der Waals surface area contributed by atoms with Crippen molar-refractivity contribution in [2.75, 3.05) is 25.0 Å². The Kier molecular flexibility index (Phi) is 4.58. The fourth-order valence-corrected chi connectivity index (χ4v) is 3.94. The van der Waals surface area contributed by atoms with Crippen molar-refractivity contribution in [3.63, 3.8) is 0 Å². The number of para-hydroxylation sites is 1. The summed E-state index contributed by atoms with van der Waals surface area (Å²) >= 11 is 1.44. The Bertz CT molecular complexity index is 697. The smallest absolute Gasteiger partial charge is 0.307 e. The van der Waals surface area contributed by atoms with E-state index in [4.69, 9.17) is 0 Å². The number of rotatable bonds is 4. The molecular formula is C16H19N3O3S. The van der Waals surface area contributed by atoms with Crippen LogP contribution in [0, 0.1) is 11.8 Å². The van der Waals surface area contributed by atoms with E-state index >= 15 is 0 Å². The molecule has 2 unspecified atom stereocenters. The van der Waals surface area contributed by atoms with Crippen LogP contribution in [0.4, 0.5) is 5.13 Å². The molecule has 0 radical (unpaired) electrons. The molecule has 2 atom stereocenters. The Morgan fingerprint density at radius 2 is 2.17 bits per heavy atom. The molecule has 1 aliphatic heterocycles. The van der Waals surface area contributed by atoms with E-state index in [2.05, 4.69) is 10.3 Å². The number of hydrogen-bond acceptors (Lipinski definition) is 5. The lowest BCUT2D eigenvalue weighted by molar-refractivity contribution is -0.144. The number of benzene rings is 1. The van der Waals surface area contributed by atoms with E-state index < -0.39 is 11.9 Å². The average Bonchev–Trinajstić information content (AvgIpc) is 2.88. The molecule has 1 aromatic carbocycles. The molecule has 0 saturated carbocycles. The van der Waals surface area contributed by atoms with Crippen molar-refractivity contribution in [2.24, 2.45) is 11.8 Å². The Morgan fingerprint density at radius 3 is 2.91 bits per heavy atom. The van der Waals surface area contributed by atoms with Crippen LogP contribution < -0.4 is 5.32 Å². The first-order chi connectivity index (χ1) is 11.0. The zero-order chi connectivity index (χ0) is 16.4. The van der Waals surface area contributed by atoms with E-state index in [-0.39, 0.29) is 18.4 Å². The van der Waals surface area contributed by atoms with Crippen molar-refractivity contribution in [3.05, 3.63) is 24.3 Å². The Morgan fingerprint density at radius 1 is 1.39 bits per heavy atom. The first kappa shape index (κ1) is 15.9. The molecule has 0 bridgehead atoms. The molecule has 0 spiro atoms. The third-order valence-corrected chi connectivity index (χ3v) is 4.94. The lowest BCUT2D eigenvalue weighted by Crippen LogP contribution is -2.45. The van der Waals surface area contributed by atoms with Gasteiger partial charge in [-0.1, -0.05) is 30.4 Å². The van der Waals surface area contributed by atoms with Crippen LogP contribution in [0.2, 0.25) is 0 Å². The number of aliphatic carboxylic acids is 1. The molecular weight excluding hydrogens is 314 g/mol. The highest BCUT2D eigenvalue weighted by Gasteiger charge is 2.30. The third kappa shape index (κ3) is 3.86. The van der Waals surface area contributed by atoms with Crippen molar-refractivity contribution < 1.29 is 14.7 Å². The summed E-state index contributed by atoms with van der Waals surface area (Å²) in [5, 5.41) is 12.6. The first-order valence-electron chi connectivity index (χ1n) is 7.62. The van der Waals surface area contributed by atoms with Gasteiger partial charge in [0.05, 0.1) is 22.7 Å². The molecule has 0 aliphatic carbocycles. The number of likely N-dealkylation sites (tertiary alicyclic amines) is 1. The molecule has 1 fully saturated rings. The van der Waals surface area contributed by atoms with Gasteiger partial charge >= 0.3 is 5.97 Å². The highest BCUT2D eigenvalue weighted by Crippen LogP contribution is 2.26. The predicted octanol–water partition coefficient (Wildman–Crippen LogP) is 2.28. The summed E-state index contributed by atoms with van der Waals surface area (Å²) in [6.07, 6.45) is 0.672. The number of aromatic nitrogens is 1. The van der Waals surface area contributed by atoms with E-state index in [1.54, 1.807) is 0 Å². The molecule has 1 amide bonds. The summed E-state index contributed by atoms with van der Waals surface area (Å²) < 4.78 is 1.03. The van der Waals surface area contributed by atoms with Crippen molar-refractivity contribution >= 4 is 38.6 Å². The summed E-state index contributed by atoms with van der Waals surface area (Å²) in [6, 6.07) is 7.72. The Hall–Kier alpha value is -1.99. The van der Waals surface area contributed by atoms with Crippen LogP contribution in [0.5, 0.6) is 0 Å². The van der Waals surface area contributed by atoms with Crippen LogP contribution in [0.1, 0.15) is 13.3 Å². The number of carbonyl (C=O) groups excluding carboxylic acids is 1. The van der Waals surface area contributed by atoms with Crippen molar-refractivity contribution in [1.29, 1.82) is 0 Å². The monoisotopic (exact) mass is 333 g/mol. The van der Waals surface area contributed by atoms with Crippen molar-refractivity contribution in [3.8, 4) is 0 Å². The van der Waals surface area contributed by atoms with Crippen LogP contribution >= 0.6 is 11.3 Å². The fraction of sp³-hybridized carbons (Fsp3) is 0.438. The maximum atomic E-state index is 12.2. The number of piperidine rings is 1. The number of nitrogens with zero attached hydrogens (tertiary/aromatic N) is 2. The van der Waals surface area contributed by atoms with Gasteiger partial charge in [-0.05, 0) is 24.5 Å². The topological polar surface area (TPSA) is 82.5 Å². The van der Waals surface area contributed by atoms with E-state index in [1.165, 1.54) is 11.3 Å². The van der Waals surface area contributed by atoms with Gasteiger partial charge in [0.2, 0.25) is 5.91 Å². The molecule has 1 saturated heterocycles. The zero-order valence-electron chi connectivity index (χ0n) is 12.9. The number of thiazole rings is 1. The molecule has 1 aliphatic rings. The number of fused-ring (bicyclic) bond motifs is 1. The molecule has 1 aromatic heterocycles. The zero-order valence-corrected chi connectivity index (χ0v) is 13.7. The summed E-state index contributed by atoms with van der Waals surface area (Å²) in [7, 11) is 0. The molecule has 23 heavy (non-hydrogen) atoms. The van der Waals surface area contributed by atoms with Crippen LogP contribution in [-0.4, -0.2) is 46.5 Å². The molecule has 2 N–H and O–H groups in total. The quantitative estimate of drug-likeness (QED) is 0.897. The number of hydrogen-bond donors (Lipinski definition) is 2. The van der Waals surface area contributed by atoms with Gasteiger partial charge in [0.1, 0.15) is 0 Å². The molecule has 3 rings (SSSR count). The normalized spacial score (nSPS) is 22.1. The molecule has 7 heteroatoms. The van der Waals surface area contributed by atoms with Gasteiger partial charge in [-0.25, -0.2) is 4.98 Å². The fourth-order valence-electron chi connectivity index (χ4n) is 3.06. The number of carboxylic acids is 1. The van der Waals surface area contributed by atoms with E-state index in [0.717, 1.165) is 16.8 Å². The summed E-state index contributed by atoms with van der Waals surface area (Å²) in [4.78, 5) is 29.7. The number of amides is 1. The van der Waals surface area contributed by atoms with Gasteiger partial charge in [-0.15, -0.1) is 0 Å². The van der Waals surface area contributed by atoms with Gasteiger partial charge in [0.15, 0.2) is 5.13 Å². The Labute approximate surface area is 138 Å². The standard InChI is InChI=1S/C16H19N3O3S/c1-10-6-11(15(21)22)8-19(7-10)9-14(20)18-16-17-12-4-2-3-5-13(12)23-16/h2-5,10-11H,6-9H2,1H3,(H,21,22)(H,17,18,20). The maximum absolute atomic E-state index is 12.2. The molecule has 6 nitrogen and oxygen atoms in total. The van der Waals surface area contributed by atoms with Gasteiger partial charge in [-0.3, -0.25) is 14.5 Å². The predicted molar refractivity (Wildman–Crippen MR) is 89.6 cm³/mol. The van der Waals surface area contributed by atoms with E-state index in [9.17, 15) is 14.7 Å². The van der Waals surface area contributed by atoms with Crippen molar-refractivity contribution in [1.82, 2.24) is 9.88 Å². The van der Waals surface area contributed by atoms with Crippen LogP contribution in [-0.2, 0) is 9.59 Å². The summed E-state index contributed by atoms with van der Waals surface area (Å²) in [5.41, 5.74) is 0.866. The highest BCUT2D eigenvalue weighted by atomic mass is 32.1. The van der Waals surface area contributed by atoms with Gasteiger partial charge in [-0.2, -0.15) is 0 Å². The second-order valence-electron chi connectivity index (χ2n) is 6.11. The largest absolute Gasteiger partial charge is 0.481 e. The van der Waals surface area contributed by atoms with Gasteiger partial charge in [0, 0.05) is 13.1 Å². The number of carboxylic acid groups (broad SMARTS) is 1. The van der Waals surface area contributed by atoms with Crippen molar-refractivity contribution in [2.45, 2.75) is 13.3 Å². The second kappa shape index (κ2) is 6.64. The second-order valence-corrected chi connectivity index (χ2v) is 7.14. The van der Waals surface area contributed by atoms with Gasteiger partial charge in [0.25, 0.3) is 0 Å². The van der Waals surface area contributed by atoms with Crippen LogP contribution in [0.25, 0.3) is 10.2 Å². The number of carbonyl (C=O) groups is 2. The first-order valence-corrected chi connectivity index (χ1v) is 8.43. The number of nitrogens with one attached hydrogen (secondary N) is 1. The lowest BCUT2D eigenvalue weighted by atomic mass is 9.90. The average molecular weight is 333 g/mol. The minimum Gasteiger partial charge on any atom is -0.481 e. The van der Waals surface area contributed by atoms with E-state index in [1.807, 2.05) is 36.1 Å². The molecule has 2 heterocycles. The molecule has 2 aromatic rings. The summed E-state index contributed by atoms with van der Waals surface area (Å²) in [5.74, 6) is -1.05. The number of anilines is 1. The van der Waals surface area contributed by atoms with Crippen LogP contribution in [0.15, 0.2) is 24.3 Å². The lowest BCUT2D eigenvalue weighted by Gasteiger charge is -2.33. The van der Waals surface area contributed by atoms with Gasteiger partial charge < -0.3 is 10.4 Å². The minimum absolute atomic E-state index is 0.151. The third-order valence-electron chi connectivity index (χ3n) is 3.99. The highest BCUT2D eigenvalue weighted by molar-refractivity contribution is 7.22. The maximum Gasteiger partial charge on any atom is 0.307 e.